The average molecular weight is 491 g/mol. The summed E-state index contributed by atoms with van der Waals surface area (Å²) in [5, 5.41) is 11.4. The van der Waals surface area contributed by atoms with Crippen molar-refractivity contribution in [3.05, 3.63) is 66.1 Å². The van der Waals surface area contributed by atoms with Gasteiger partial charge in [-0.2, -0.15) is 5.10 Å². The zero-order valence-corrected chi connectivity index (χ0v) is 20.5. The summed E-state index contributed by atoms with van der Waals surface area (Å²) in [5.41, 5.74) is 3.25. The van der Waals surface area contributed by atoms with Crippen LogP contribution in [0.3, 0.4) is 0 Å². The first kappa shape index (κ1) is 24.2. The van der Waals surface area contributed by atoms with Crippen molar-refractivity contribution in [1.29, 1.82) is 0 Å². The standard InChI is InChI=1S/C26H26N4O4S/c1-32-23-14-18(15-24(33-2)26(23)34-3)28-25(31)11-13-35-19-8-9-20-21(29-30-22(20)16-19)10-7-17-6-4-5-12-27-17/h4-10,12,14-16H,11,13H2,1-3H3,(H,28,31)(H,29,30). The van der Waals surface area contributed by atoms with Gasteiger partial charge in [0.05, 0.1) is 38.2 Å². The monoisotopic (exact) mass is 490 g/mol. The normalized spacial score (nSPS) is 11.1. The number of pyridine rings is 1. The first-order chi connectivity index (χ1) is 17.1. The largest absolute Gasteiger partial charge is 0.493 e. The summed E-state index contributed by atoms with van der Waals surface area (Å²) < 4.78 is 16.0. The van der Waals surface area contributed by atoms with Gasteiger partial charge >= 0.3 is 0 Å². The van der Waals surface area contributed by atoms with Crippen LogP contribution in [0.1, 0.15) is 17.8 Å². The van der Waals surface area contributed by atoms with Gasteiger partial charge in [0, 0.05) is 46.5 Å². The van der Waals surface area contributed by atoms with Gasteiger partial charge in [-0.05, 0) is 42.5 Å². The molecule has 2 aromatic heterocycles. The van der Waals surface area contributed by atoms with Crippen LogP contribution in [-0.4, -0.2) is 48.2 Å². The molecule has 0 bridgehead atoms. The van der Waals surface area contributed by atoms with Crippen molar-refractivity contribution in [3.63, 3.8) is 0 Å². The van der Waals surface area contributed by atoms with Crippen LogP contribution in [0.15, 0.2) is 59.6 Å². The number of rotatable bonds is 10. The third kappa shape index (κ3) is 5.93. The van der Waals surface area contributed by atoms with E-state index in [0.29, 0.717) is 35.1 Å². The van der Waals surface area contributed by atoms with Crippen molar-refractivity contribution < 1.29 is 19.0 Å². The molecule has 0 atom stereocenters. The molecule has 0 aliphatic carbocycles. The number of carbonyl (C=O) groups excluding carboxylic acids is 1. The Labute approximate surface area is 207 Å². The van der Waals surface area contributed by atoms with Crippen LogP contribution in [0.5, 0.6) is 17.2 Å². The van der Waals surface area contributed by atoms with E-state index in [1.54, 1.807) is 30.1 Å². The highest BCUT2D eigenvalue weighted by molar-refractivity contribution is 7.99. The summed E-state index contributed by atoms with van der Waals surface area (Å²) in [6, 6.07) is 15.3. The highest BCUT2D eigenvalue weighted by Gasteiger charge is 2.14. The summed E-state index contributed by atoms with van der Waals surface area (Å²) in [7, 11) is 4.61. The molecule has 2 N–H and O–H groups in total. The number of hydrogen-bond donors (Lipinski definition) is 2. The van der Waals surface area contributed by atoms with Crippen molar-refractivity contribution in [3.8, 4) is 17.2 Å². The topological polar surface area (TPSA) is 98.4 Å². The summed E-state index contributed by atoms with van der Waals surface area (Å²) in [6.45, 7) is 0. The van der Waals surface area contributed by atoms with Gasteiger partial charge in [0.1, 0.15) is 0 Å². The Morgan fingerprint density at radius 3 is 2.51 bits per heavy atom. The summed E-state index contributed by atoms with van der Waals surface area (Å²) >= 11 is 1.61. The minimum atomic E-state index is -0.101. The molecule has 0 aliphatic rings. The number of benzene rings is 2. The maximum Gasteiger partial charge on any atom is 0.225 e. The molecule has 2 heterocycles. The van der Waals surface area contributed by atoms with Gasteiger partial charge in [-0.1, -0.05) is 6.07 Å². The second-order valence-corrected chi connectivity index (χ2v) is 8.63. The molecule has 4 rings (SSSR count). The van der Waals surface area contributed by atoms with E-state index in [9.17, 15) is 4.79 Å². The fourth-order valence-electron chi connectivity index (χ4n) is 3.51. The molecule has 0 saturated heterocycles. The number of amides is 1. The van der Waals surface area contributed by atoms with Gasteiger partial charge in [0.15, 0.2) is 11.5 Å². The molecule has 0 radical (unpaired) electrons. The van der Waals surface area contributed by atoms with Gasteiger partial charge in [0.2, 0.25) is 11.7 Å². The minimum Gasteiger partial charge on any atom is -0.493 e. The Balaban J connectivity index is 1.34. The van der Waals surface area contributed by atoms with Gasteiger partial charge in [-0.15, -0.1) is 11.8 Å². The fraction of sp³-hybridized carbons (Fsp3) is 0.192. The lowest BCUT2D eigenvalue weighted by atomic mass is 10.2. The number of carbonyl (C=O) groups is 1. The molecule has 8 nitrogen and oxygen atoms in total. The molecule has 0 spiro atoms. The number of hydrogen-bond acceptors (Lipinski definition) is 7. The quantitative estimate of drug-likeness (QED) is 0.292. The van der Waals surface area contributed by atoms with E-state index in [-0.39, 0.29) is 5.91 Å². The summed E-state index contributed by atoms with van der Waals surface area (Å²) in [6.07, 6.45) is 5.99. The Bertz CT molecular complexity index is 1310. The molecule has 0 saturated carbocycles. The zero-order chi connectivity index (χ0) is 24.6. The van der Waals surface area contributed by atoms with Crippen LogP contribution < -0.4 is 19.5 Å². The molecule has 0 unspecified atom stereocenters. The fourth-order valence-corrected chi connectivity index (χ4v) is 4.40. The van der Waals surface area contributed by atoms with Crippen LogP contribution >= 0.6 is 11.8 Å². The molecular formula is C26H26N4O4S. The van der Waals surface area contributed by atoms with E-state index >= 15 is 0 Å². The lowest BCUT2D eigenvalue weighted by Gasteiger charge is -2.14. The molecule has 9 heteroatoms. The lowest BCUT2D eigenvalue weighted by molar-refractivity contribution is -0.115. The number of fused-ring (bicyclic) bond motifs is 1. The average Bonchev–Trinajstić information content (AvgIpc) is 3.29. The van der Waals surface area contributed by atoms with E-state index in [2.05, 4.69) is 20.5 Å². The second kappa shape index (κ2) is 11.4. The van der Waals surface area contributed by atoms with E-state index in [0.717, 1.165) is 27.2 Å². The minimum absolute atomic E-state index is 0.101. The van der Waals surface area contributed by atoms with Gasteiger partial charge in [-0.3, -0.25) is 14.9 Å². The van der Waals surface area contributed by atoms with E-state index in [1.165, 1.54) is 21.3 Å². The number of thioether (sulfide) groups is 1. The summed E-state index contributed by atoms with van der Waals surface area (Å²) in [4.78, 5) is 17.8. The first-order valence-corrected chi connectivity index (χ1v) is 11.9. The number of nitrogens with one attached hydrogen (secondary N) is 2. The molecule has 2 aromatic carbocycles. The van der Waals surface area contributed by atoms with Crippen molar-refractivity contribution in [1.82, 2.24) is 15.2 Å². The highest BCUT2D eigenvalue weighted by atomic mass is 32.2. The van der Waals surface area contributed by atoms with Gasteiger partial charge in [0.25, 0.3) is 0 Å². The van der Waals surface area contributed by atoms with Crippen LogP contribution in [0.4, 0.5) is 5.69 Å². The van der Waals surface area contributed by atoms with Gasteiger partial charge < -0.3 is 19.5 Å². The zero-order valence-electron chi connectivity index (χ0n) is 19.7. The SMILES string of the molecule is COc1cc(NC(=O)CCSc2ccc3c(C=Cc4ccccn4)n[nH]c3c2)cc(OC)c1OC. The van der Waals surface area contributed by atoms with Crippen molar-refractivity contribution in [2.24, 2.45) is 0 Å². The Morgan fingerprint density at radius 1 is 1.03 bits per heavy atom. The number of nitrogens with zero attached hydrogens (tertiary/aromatic N) is 2. The van der Waals surface area contributed by atoms with Gasteiger partial charge in [-0.25, -0.2) is 0 Å². The molecule has 0 aliphatic heterocycles. The Kier molecular flexibility index (Phi) is 7.89. The number of anilines is 1. The number of ether oxygens (including phenoxy) is 3. The molecule has 0 fully saturated rings. The number of aromatic nitrogens is 3. The predicted octanol–water partition coefficient (Wildman–Crippen LogP) is 5.28. The van der Waals surface area contributed by atoms with E-state index < -0.39 is 0 Å². The number of aromatic amines is 1. The van der Waals surface area contributed by atoms with Crippen molar-refractivity contribution >= 4 is 46.4 Å². The number of methoxy groups -OCH3 is 3. The van der Waals surface area contributed by atoms with E-state index in [4.69, 9.17) is 14.2 Å². The highest BCUT2D eigenvalue weighted by Crippen LogP contribution is 2.40. The molecule has 4 aromatic rings. The molecule has 35 heavy (non-hydrogen) atoms. The number of H-pyrrole nitrogens is 1. The van der Waals surface area contributed by atoms with Crippen LogP contribution in [0.2, 0.25) is 0 Å². The molecule has 1 amide bonds. The van der Waals surface area contributed by atoms with Crippen LogP contribution in [0, 0.1) is 0 Å². The maximum absolute atomic E-state index is 12.5. The molecule has 180 valence electrons. The first-order valence-electron chi connectivity index (χ1n) is 10.9. The Morgan fingerprint density at radius 2 is 1.83 bits per heavy atom. The predicted molar refractivity (Wildman–Crippen MR) is 139 cm³/mol. The van der Waals surface area contributed by atoms with Crippen molar-refractivity contribution in [2.75, 3.05) is 32.4 Å². The third-order valence-electron chi connectivity index (χ3n) is 5.21. The van der Waals surface area contributed by atoms with Crippen molar-refractivity contribution in [2.45, 2.75) is 11.3 Å². The summed E-state index contributed by atoms with van der Waals surface area (Å²) in [5.74, 6) is 1.98. The Hall–Kier alpha value is -3.98. The second-order valence-electron chi connectivity index (χ2n) is 7.46. The van der Waals surface area contributed by atoms with Crippen LogP contribution in [0.25, 0.3) is 23.1 Å². The maximum atomic E-state index is 12.5. The third-order valence-corrected chi connectivity index (χ3v) is 6.21. The smallest absolute Gasteiger partial charge is 0.225 e. The van der Waals surface area contributed by atoms with Crippen LogP contribution in [-0.2, 0) is 4.79 Å². The molecular weight excluding hydrogens is 464 g/mol. The van der Waals surface area contributed by atoms with E-state index in [1.807, 2.05) is 48.6 Å². The lowest BCUT2D eigenvalue weighted by Crippen LogP contribution is -2.12.